The molecule has 2 N–H and O–H groups in total. The van der Waals surface area contributed by atoms with E-state index in [-0.39, 0.29) is 11.9 Å². The van der Waals surface area contributed by atoms with Crippen LogP contribution in [0.5, 0.6) is 0 Å². The quantitative estimate of drug-likeness (QED) is 0.814. The smallest absolute Gasteiger partial charge is 0.271 e. The Hall–Kier alpha value is -1.34. The van der Waals surface area contributed by atoms with E-state index in [1.165, 1.54) is 4.34 Å². The van der Waals surface area contributed by atoms with Crippen LogP contribution in [-0.4, -0.2) is 32.4 Å². The summed E-state index contributed by atoms with van der Waals surface area (Å²) in [7, 11) is 0. The van der Waals surface area contributed by atoms with Crippen LogP contribution in [0.15, 0.2) is 15.8 Å². The number of thiazole rings is 1. The molecule has 2 aromatic rings. The zero-order valence-corrected chi connectivity index (χ0v) is 15.8. The molecule has 3 rings (SSSR count). The van der Waals surface area contributed by atoms with Crippen molar-refractivity contribution in [2.45, 2.75) is 68.0 Å². The number of hydrogen-bond donors (Lipinski definition) is 2. The van der Waals surface area contributed by atoms with Gasteiger partial charge in [0.1, 0.15) is 10.0 Å². The van der Waals surface area contributed by atoms with Crippen molar-refractivity contribution in [2.75, 3.05) is 0 Å². The lowest BCUT2D eigenvalue weighted by molar-refractivity contribution is 0.0923. The number of amides is 1. The molecule has 1 aliphatic rings. The Kier molecular flexibility index (Phi) is 5.94. The fraction of sp³-hybridized carbons (Fsp3) is 0.588. The fourth-order valence-corrected chi connectivity index (χ4v) is 5.27. The Bertz CT molecular complexity index is 674. The Morgan fingerprint density at radius 1 is 1.42 bits per heavy atom. The maximum atomic E-state index is 12.3. The number of carbonyl (C=O) groups excluding carboxylic acids is 1. The van der Waals surface area contributed by atoms with Gasteiger partial charge in [0, 0.05) is 28.1 Å². The van der Waals surface area contributed by atoms with E-state index in [2.05, 4.69) is 32.8 Å². The third-order valence-corrected chi connectivity index (χ3v) is 6.68. The number of H-pyrrole nitrogens is 1. The Morgan fingerprint density at radius 3 is 2.88 bits per heavy atom. The summed E-state index contributed by atoms with van der Waals surface area (Å²) in [5.74, 6) is -0.0553. The van der Waals surface area contributed by atoms with Crippen LogP contribution in [0.2, 0.25) is 0 Å². The zero-order chi connectivity index (χ0) is 16.9. The highest BCUT2D eigenvalue weighted by Gasteiger charge is 2.24. The average molecular weight is 365 g/mol. The van der Waals surface area contributed by atoms with E-state index in [4.69, 9.17) is 0 Å². The highest BCUT2D eigenvalue weighted by molar-refractivity contribution is 8.01. The molecular weight excluding hydrogens is 340 g/mol. The number of hydrogen-bond acceptors (Lipinski definition) is 5. The molecule has 2 heterocycles. The van der Waals surface area contributed by atoms with Crippen molar-refractivity contribution in [2.24, 2.45) is 0 Å². The van der Waals surface area contributed by atoms with Crippen LogP contribution in [0.25, 0.3) is 0 Å². The molecule has 2 aromatic heterocycles. The summed E-state index contributed by atoms with van der Waals surface area (Å²) in [6.07, 6.45) is 6.27. The normalized spacial score (nSPS) is 20.9. The van der Waals surface area contributed by atoms with Crippen molar-refractivity contribution in [1.82, 2.24) is 20.5 Å². The summed E-state index contributed by atoms with van der Waals surface area (Å²) < 4.78 is 1.17. The lowest BCUT2D eigenvalue weighted by Gasteiger charge is -2.28. The van der Waals surface area contributed by atoms with E-state index >= 15 is 0 Å². The number of carbonyl (C=O) groups is 1. The maximum absolute atomic E-state index is 12.3. The van der Waals surface area contributed by atoms with E-state index in [1.807, 2.05) is 24.8 Å². The molecule has 0 aromatic carbocycles. The van der Waals surface area contributed by atoms with Crippen LogP contribution in [0.4, 0.5) is 0 Å². The number of rotatable bonds is 6. The van der Waals surface area contributed by atoms with Crippen LogP contribution >= 0.6 is 23.1 Å². The van der Waals surface area contributed by atoms with Gasteiger partial charge >= 0.3 is 0 Å². The molecule has 0 unspecified atom stereocenters. The number of aryl methyl sites for hydroxylation is 2. The first-order valence-electron chi connectivity index (χ1n) is 8.58. The first-order valence-corrected chi connectivity index (χ1v) is 10.3. The van der Waals surface area contributed by atoms with Gasteiger partial charge in [0.2, 0.25) is 0 Å². The molecule has 0 atom stereocenters. The van der Waals surface area contributed by atoms with E-state index < -0.39 is 0 Å². The molecule has 1 aliphatic carbocycles. The molecule has 1 amide bonds. The Labute approximate surface area is 151 Å². The highest BCUT2D eigenvalue weighted by Crippen LogP contribution is 2.35. The van der Waals surface area contributed by atoms with E-state index in [9.17, 15) is 4.79 Å². The average Bonchev–Trinajstić information content (AvgIpc) is 3.19. The van der Waals surface area contributed by atoms with Gasteiger partial charge in [-0.25, -0.2) is 4.98 Å². The number of nitrogens with one attached hydrogen (secondary N) is 2. The molecular formula is C17H24N4OS2. The standard InChI is InChI=1S/C17H24N4OS2/c1-3-4-13-9-15(21-20-13)16(22)19-12-5-7-14(8-6-12)24-17-18-11(2)10-23-17/h9-10,12,14H,3-8H2,1-2H3,(H,19,22)(H,20,21). The van der Waals surface area contributed by atoms with Crippen molar-refractivity contribution >= 4 is 29.0 Å². The van der Waals surface area contributed by atoms with Crippen molar-refractivity contribution in [3.63, 3.8) is 0 Å². The van der Waals surface area contributed by atoms with Gasteiger partial charge < -0.3 is 5.32 Å². The SMILES string of the molecule is CCCc1cc(C(=O)NC2CCC(Sc3nc(C)cs3)CC2)n[nH]1. The minimum absolute atomic E-state index is 0.0553. The summed E-state index contributed by atoms with van der Waals surface area (Å²) in [4.78, 5) is 16.8. The number of aromatic nitrogens is 3. The van der Waals surface area contributed by atoms with Gasteiger partial charge in [-0.05, 0) is 45.1 Å². The molecule has 7 heteroatoms. The molecule has 1 saturated carbocycles. The first-order chi connectivity index (χ1) is 11.6. The van der Waals surface area contributed by atoms with E-state index in [0.29, 0.717) is 10.9 Å². The molecule has 0 bridgehead atoms. The van der Waals surface area contributed by atoms with Crippen molar-refractivity contribution in [1.29, 1.82) is 0 Å². The van der Waals surface area contributed by atoms with Crippen molar-refractivity contribution in [3.8, 4) is 0 Å². The van der Waals surface area contributed by atoms with Gasteiger partial charge in [-0.3, -0.25) is 9.89 Å². The summed E-state index contributed by atoms with van der Waals surface area (Å²) in [5.41, 5.74) is 2.64. The second kappa shape index (κ2) is 8.16. The second-order valence-corrected chi connectivity index (χ2v) is 8.75. The van der Waals surface area contributed by atoms with Crippen LogP contribution in [0.1, 0.15) is 60.9 Å². The summed E-state index contributed by atoms with van der Waals surface area (Å²) in [6.45, 7) is 4.15. The molecule has 0 spiro atoms. The number of aromatic amines is 1. The summed E-state index contributed by atoms with van der Waals surface area (Å²) in [6, 6.07) is 2.13. The zero-order valence-electron chi connectivity index (χ0n) is 14.2. The lowest BCUT2D eigenvalue weighted by Crippen LogP contribution is -2.38. The molecule has 0 radical (unpaired) electrons. The molecule has 5 nitrogen and oxygen atoms in total. The van der Waals surface area contributed by atoms with Crippen LogP contribution in [0.3, 0.4) is 0 Å². The third kappa shape index (κ3) is 4.60. The van der Waals surface area contributed by atoms with Gasteiger partial charge in [0.25, 0.3) is 5.91 Å². The molecule has 1 fully saturated rings. The monoisotopic (exact) mass is 364 g/mol. The Balaban J connectivity index is 1.45. The fourth-order valence-electron chi connectivity index (χ4n) is 2.99. The largest absolute Gasteiger partial charge is 0.348 e. The van der Waals surface area contributed by atoms with Gasteiger partial charge in [-0.2, -0.15) is 5.10 Å². The van der Waals surface area contributed by atoms with Gasteiger partial charge in [0.15, 0.2) is 0 Å². The van der Waals surface area contributed by atoms with Crippen molar-refractivity contribution in [3.05, 3.63) is 28.5 Å². The Morgan fingerprint density at radius 2 is 2.21 bits per heavy atom. The summed E-state index contributed by atoms with van der Waals surface area (Å²) >= 11 is 3.62. The highest BCUT2D eigenvalue weighted by atomic mass is 32.2. The van der Waals surface area contributed by atoms with Crippen LogP contribution in [0, 0.1) is 6.92 Å². The topological polar surface area (TPSA) is 70.7 Å². The predicted octanol–water partition coefficient (Wildman–Crippen LogP) is 3.96. The lowest BCUT2D eigenvalue weighted by atomic mass is 9.95. The van der Waals surface area contributed by atoms with Crippen LogP contribution in [-0.2, 0) is 6.42 Å². The van der Waals surface area contributed by atoms with E-state index in [1.54, 1.807) is 11.3 Å². The van der Waals surface area contributed by atoms with E-state index in [0.717, 1.165) is 49.9 Å². The van der Waals surface area contributed by atoms with Gasteiger partial charge in [0.05, 0.1) is 0 Å². The first kappa shape index (κ1) is 17.5. The minimum atomic E-state index is -0.0553. The third-order valence-electron chi connectivity index (χ3n) is 4.26. The second-order valence-electron chi connectivity index (χ2n) is 6.35. The number of nitrogens with zero attached hydrogens (tertiary/aromatic N) is 2. The number of thioether (sulfide) groups is 1. The molecule has 0 aliphatic heterocycles. The van der Waals surface area contributed by atoms with Crippen molar-refractivity contribution < 1.29 is 4.79 Å². The van der Waals surface area contributed by atoms with Gasteiger partial charge in [-0.1, -0.05) is 25.1 Å². The maximum Gasteiger partial charge on any atom is 0.271 e. The van der Waals surface area contributed by atoms with Gasteiger partial charge in [-0.15, -0.1) is 11.3 Å². The molecule has 130 valence electrons. The molecule has 0 saturated heterocycles. The predicted molar refractivity (Wildman–Crippen MR) is 98.8 cm³/mol. The summed E-state index contributed by atoms with van der Waals surface area (Å²) in [5, 5.41) is 12.9. The minimum Gasteiger partial charge on any atom is -0.348 e. The van der Waals surface area contributed by atoms with Crippen LogP contribution < -0.4 is 5.32 Å². The molecule has 24 heavy (non-hydrogen) atoms.